The second kappa shape index (κ2) is 6.40. The molecule has 0 unspecified atom stereocenters. The van der Waals surface area contributed by atoms with Gasteiger partial charge in [-0.25, -0.2) is 4.98 Å². The quantitative estimate of drug-likeness (QED) is 0.783. The van der Waals surface area contributed by atoms with Gasteiger partial charge in [-0.2, -0.15) is 11.8 Å². The third kappa shape index (κ3) is 4.66. The molecule has 16 heavy (non-hydrogen) atoms. The summed E-state index contributed by atoms with van der Waals surface area (Å²) in [5.74, 6) is 2.62. The van der Waals surface area contributed by atoms with Crippen molar-refractivity contribution < 1.29 is 4.79 Å². The number of rotatable bonds is 6. The second-order valence-electron chi connectivity index (χ2n) is 4.37. The highest BCUT2D eigenvalue weighted by atomic mass is 32.2. The average molecular weight is 257 g/mol. The van der Waals surface area contributed by atoms with Crippen LogP contribution < -0.4 is 0 Å². The highest BCUT2D eigenvalue weighted by molar-refractivity contribution is 7.99. The molecule has 4 heteroatoms. The maximum Gasteiger partial charge on any atom is 0.149 e. The lowest BCUT2D eigenvalue weighted by Crippen LogP contribution is -2.07. The lowest BCUT2D eigenvalue weighted by Gasteiger charge is -2.02. The number of hydrogen-bond acceptors (Lipinski definition) is 4. The fourth-order valence-corrected chi connectivity index (χ4v) is 3.12. The van der Waals surface area contributed by atoms with Gasteiger partial charge in [-0.3, -0.25) is 4.79 Å². The largest absolute Gasteiger partial charge is 0.298 e. The Balaban J connectivity index is 2.34. The molecule has 1 heterocycles. The normalized spacial score (nSPS) is 11.1. The number of thioether (sulfide) groups is 1. The minimum atomic E-state index is 0.291. The van der Waals surface area contributed by atoms with E-state index in [4.69, 9.17) is 0 Å². The van der Waals surface area contributed by atoms with Crippen LogP contribution in [0.5, 0.6) is 0 Å². The Hall–Kier alpha value is -0.350. The molecule has 0 spiro atoms. The molecule has 1 rings (SSSR count). The zero-order chi connectivity index (χ0) is 12.1. The van der Waals surface area contributed by atoms with Crippen molar-refractivity contribution in [2.45, 2.75) is 34.1 Å². The first-order valence-electron chi connectivity index (χ1n) is 5.51. The lowest BCUT2D eigenvalue weighted by molar-refractivity contribution is -0.116. The summed E-state index contributed by atoms with van der Waals surface area (Å²) < 4.78 is 0. The zero-order valence-electron chi connectivity index (χ0n) is 10.4. The van der Waals surface area contributed by atoms with Crippen molar-refractivity contribution in [1.82, 2.24) is 4.98 Å². The van der Waals surface area contributed by atoms with Crippen molar-refractivity contribution in [1.29, 1.82) is 0 Å². The van der Waals surface area contributed by atoms with E-state index < -0.39 is 0 Å². The molecule has 90 valence electrons. The molecule has 0 saturated heterocycles. The first kappa shape index (κ1) is 13.7. The fourth-order valence-electron chi connectivity index (χ4n) is 1.24. The summed E-state index contributed by atoms with van der Waals surface area (Å²) in [5, 5.41) is 0.963. The molecule has 0 aliphatic rings. The Morgan fingerprint density at radius 3 is 2.62 bits per heavy atom. The molecule has 1 aromatic heterocycles. The molecule has 0 radical (unpaired) electrons. The fraction of sp³-hybridized carbons (Fsp3) is 0.667. The van der Waals surface area contributed by atoms with E-state index in [9.17, 15) is 4.79 Å². The number of ketones is 1. The maximum absolute atomic E-state index is 11.7. The van der Waals surface area contributed by atoms with Crippen LogP contribution in [0.1, 0.15) is 29.4 Å². The van der Waals surface area contributed by atoms with Gasteiger partial charge in [-0.15, -0.1) is 11.3 Å². The van der Waals surface area contributed by atoms with Gasteiger partial charge in [0.05, 0.1) is 17.9 Å². The van der Waals surface area contributed by atoms with Crippen molar-refractivity contribution in [3.63, 3.8) is 0 Å². The summed E-state index contributed by atoms with van der Waals surface area (Å²) in [7, 11) is 0. The van der Waals surface area contributed by atoms with Crippen LogP contribution in [0, 0.1) is 19.8 Å². The molecule has 0 aliphatic heterocycles. The minimum absolute atomic E-state index is 0.291. The molecule has 2 nitrogen and oxygen atoms in total. The summed E-state index contributed by atoms with van der Waals surface area (Å²) in [4.78, 5) is 17.3. The van der Waals surface area contributed by atoms with Crippen LogP contribution in [0.2, 0.25) is 0 Å². The maximum atomic E-state index is 11.7. The molecule has 0 N–H and O–H groups in total. The Labute approximate surface area is 106 Å². The van der Waals surface area contributed by atoms with Gasteiger partial charge < -0.3 is 0 Å². The van der Waals surface area contributed by atoms with Gasteiger partial charge in [0.25, 0.3) is 0 Å². The molecule has 0 atom stereocenters. The highest BCUT2D eigenvalue weighted by Gasteiger charge is 2.09. The number of thiazole rings is 1. The first-order chi connectivity index (χ1) is 7.49. The number of aryl methyl sites for hydroxylation is 2. The summed E-state index contributed by atoms with van der Waals surface area (Å²) in [5.41, 5.74) is 1.06. The van der Waals surface area contributed by atoms with Crippen molar-refractivity contribution in [3.05, 3.63) is 15.6 Å². The zero-order valence-corrected chi connectivity index (χ0v) is 12.0. The van der Waals surface area contributed by atoms with Gasteiger partial charge in [0.1, 0.15) is 10.8 Å². The van der Waals surface area contributed by atoms with Crippen LogP contribution in [0.4, 0.5) is 0 Å². The second-order valence-corrected chi connectivity index (χ2v) is 6.69. The van der Waals surface area contributed by atoms with Gasteiger partial charge in [0, 0.05) is 4.88 Å². The molecule has 1 aromatic rings. The van der Waals surface area contributed by atoms with Crippen LogP contribution in [0.25, 0.3) is 0 Å². The van der Waals surface area contributed by atoms with E-state index in [-0.39, 0.29) is 0 Å². The molecule has 0 aliphatic carbocycles. The molecular formula is C12H19NOS2. The van der Waals surface area contributed by atoms with E-state index in [1.54, 1.807) is 23.1 Å². The number of hydrogen-bond donors (Lipinski definition) is 0. The van der Waals surface area contributed by atoms with Gasteiger partial charge in [-0.05, 0) is 25.5 Å². The topological polar surface area (TPSA) is 30.0 Å². The van der Waals surface area contributed by atoms with Crippen LogP contribution in [0.3, 0.4) is 0 Å². The van der Waals surface area contributed by atoms with E-state index >= 15 is 0 Å². The van der Waals surface area contributed by atoms with Crippen LogP contribution in [-0.2, 0) is 11.2 Å². The SMILES string of the molecule is Cc1nc(CC(=O)CSCC(C)C)sc1C. The summed E-state index contributed by atoms with van der Waals surface area (Å²) >= 11 is 3.37. The third-order valence-corrected chi connectivity index (χ3v) is 4.64. The van der Waals surface area contributed by atoms with Crippen molar-refractivity contribution in [2.24, 2.45) is 5.92 Å². The minimum Gasteiger partial charge on any atom is -0.298 e. The van der Waals surface area contributed by atoms with Crippen molar-refractivity contribution in [3.8, 4) is 0 Å². The van der Waals surface area contributed by atoms with Gasteiger partial charge in [-0.1, -0.05) is 13.8 Å². The average Bonchev–Trinajstić information content (AvgIpc) is 2.44. The first-order valence-corrected chi connectivity index (χ1v) is 7.48. The highest BCUT2D eigenvalue weighted by Crippen LogP contribution is 2.17. The molecule has 0 saturated carbocycles. The molecule has 0 fully saturated rings. The van der Waals surface area contributed by atoms with Crippen LogP contribution in [-0.4, -0.2) is 22.3 Å². The molecular weight excluding hydrogens is 238 g/mol. The predicted molar refractivity (Wildman–Crippen MR) is 72.5 cm³/mol. The molecule has 0 aromatic carbocycles. The number of carbonyl (C=O) groups excluding carboxylic acids is 1. The Morgan fingerprint density at radius 2 is 2.12 bits per heavy atom. The standard InChI is InChI=1S/C12H19NOS2/c1-8(2)6-15-7-11(14)5-12-13-9(3)10(4)16-12/h8H,5-7H2,1-4H3. The number of carbonyl (C=O) groups is 1. The molecule has 0 bridgehead atoms. The molecule has 0 amide bonds. The van der Waals surface area contributed by atoms with E-state index in [0.717, 1.165) is 16.5 Å². The van der Waals surface area contributed by atoms with E-state index in [0.29, 0.717) is 23.9 Å². The third-order valence-electron chi connectivity index (χ3n) is 2.14. The van der Waals surface area contributed by atoms with Crippen LogP contribution in [0.15, 0.2) is 0 Å². The van der Waals surface area contributed by atoms with Gasteiger partial charge in [0.15, 0.2) is 0 Å². The van der Waals surface area contributed by atoms with Crippen LogP contribution >= 0.6 is 23.1 Å². The Bertz CT molecular complexity index is 338. The Kier molecular flexibility index (Phi) is 5.49. The lowest BCUT2D eigenvalue weighted by atomic mass is 10.3. The Morgan fingerprint density at radius 1 is 1.44 bits per heavy atom. The van der Waals surface area contributed by atoms with E-state index in [1.165, 1.54) is 4.88 Å². The monoisotopic (exact) mass is 257 g/mol. The van der Waals surface area contributed by atoms with Crippen molar-refractivity contribution in [2.75, 3.05) is 11.5 Å². The number of Topliss-reactive ketones (excluding diaryl/α,β-unsaturated/α-hetero) is 1. The van der Waals surface area contributed by atoms with Crippen molar-refractivity contribution >= 4 is 28.9 Å². The smallest absolute Gasteiger partial charge is 0.149 e. The van der Waals surface area contributed by atoms with E-state index in [2.05, 4.69) is 25.8 Å². The summed E-state index contributed by atoms with van der Waals surface area (Å²) in [6.45, 7) is 8.39. The van der Waals surface area contributed by atoms with Gasteiger partial charge in [0.2, 0.25) is 0 Å². The van der Waals surface area contributed by atoms with E-state index in [1.807, 2.05) is 6.92 Å². The number of aromatic nitrogens is 1. The number of nitrogens with zero attached hydrogens (tertiary/aromatic N) is 1. The van der Waals surface area contributed by atoms with Gasteiger partial charge >= 0.3 is 0 Å². The summed E-state index contributed by atoms with van der Waals surface area (Å²) in [6.07, 6.45) is 0.504. The summed E-state index contributed by atoms with van der Waals surface area (Å²) in [6, 6.07) is 0. The predicted octanol–water partition coefficient (Wildman–Crippen LogP) is 3.26.